The molecule has 1 aromatic carbocycles. The van der Waals surface area contributed by atoms with Gasteiger partial charge in [0.2, 0.25) is 11.8 Å². The van der Waals surface area contributed by atoms with Crippen molar-refractivity contribution in [2.24, 2.45) is 0 Å². The van der Waals surface area contributed by atoms with Gasteiger partial charge in [0.25, 0.3) is 0 Å². The topological polar surface area (TPSA) is 58.2 Å². The lowest BCUT2D eigenvalue weighted by Crippen LogP contribution is -2.38. The molecule has 0 unspecified atom stereocenters. The molecule has 1 aliphatic rings. The first-order valence-electron chi connectivity index (χ1n) is 8.41. The van der Waals surface area contributed by atoms with Gasteiger partial charge in [0.15, 0.2) is 0 Å². The van der Waals surface area contributed by atoms with Gasteiger partial charge in [0, 0.05) is 6.54 Å². The standard InChI is InChI=1S/C19H26N2O2/c1-15-7-5-6-10-17(15)13-18(22)21-14-19(23)20-12-11-16-8-3-2-4-9-16/h5-8,10H,2-4,9,11-14H2,1H3,(H,20,23)(H,21,22). The molecule has 2 rings (SSSR count). The lowest BCUT2D eigenvalue weighted by molar-refractivity contribution is -0.125. The van der Waals surface area contributed by atoms with E-state index in [1.165, 1.54) is 18.4 Å². The van der Waals surface area contributed by atoms with Crippen LogP contribution in [0.15, 0.2) is 35.9 Å². The first-order chi connectivity index (χ1) is 11.1. The summed E-state index contributed by atoms with van der Waals surface area (Å²) in [6, 6.07) is 7.79. The summed E-state index contributed by atoms with van der Waals surface area (Å²) in [7, 11) is 0. The number of hydrogen-bond donors (Lipinski definition) is 2. The van der Waals surface area contributed by atoms with Gasteiger partial charge in [-0.05, 0) is 50.2 Å². The van der Waals surface area contributed by atoms with Crippen LogP contribution >= 0.6 is 0 Å². The van der Waals surface area contributed by atoms with Crippen molar-refractivity contribution in [3.63, 3.8) is 0 Å². The SMILES string of the molecule is Cc1ccccc1CC(=O)NCC(=O)NCCC1=CCCCC1. The van der Waals surface area contributed by atoms with E-state index >= 15 is 0 Å². The zero-order chi connectivity index (χ0) is 16.5. The van der Waals surface area contributed by atoms with Crippen LogP contribution in [0.2, 0.25) is 0 Å². The van der Waals surface area contributed by atoms with E-state index in [2.05, 4.69) is 16.7 Å². The minimum atomic E-state index is -0.125. The van der Waals surface area contributed by atoms with E-state index in [0.717, 1.165) is 30.4 Å². The molecule has 2 N–H and O–H groups in total. The summed E-state index contributed by atoms with van der Waals surface area (Å²) >= 11 is 0. The van der Waals surface area contributed by atoms with Gasteiger partial charge < -0.3 is 10.6 Å². The zero-order valence-electron chi connectivity index (χ0n) is 13.9. The highest BCUT2D eigenvalue weighted by Crippen LogP contribution is 2.19. The number of benzene rings is 1. The molecule has 0 bridgehead atoms. The molecule has 0 spiro atoms. The maximum Gasteiger partial charge on any atom is 0.239 e. The average molecular weight is 314 g/mol. The number of nitrogens with one attached hydrogen (secondary N) is 2. The number of aryl methyl sites for hydroxylation is 1. The minimum Gasteiger partial charge on any atom is -0.354 e. The van der Waals surface area contributed by atoms with E-state index in [0.29, 0.717) is 13.0 Å². The monoisotopic (exact) mass is 314 g/mol. The Hall–Kier alpha value is -2.10. The summed E-state index contributed by atoms with van der Waals surface area (Å²) in [6.45, 7) is 2.68. The molecule has 2 amide bonds. The number of hydrogen-bond acceptors (Lipinski definition) is 2. The zero-order valence-corrected chi connectivity index (χ0v) is 13.9. The van der Waals surface area contributed by atoms with Gasteiger partial charge in [0.1, 0.15) is 0 Å². The molecule has 4 heteroatoms. The van der Waals surface area contributed by atoms with Crippen LogP contribution in [-0.2, 0) is 16.0 Å². The fourth-order valence-electron chi connectivity index (χ4n) is 2.78. The third kappa shape index (κ3) is 6.27. The van der Waals surface area contributed by atoms with Crippen molar-refractivity contribution >= 4 is 11.8 Å². The van der Waals surface area contributed by atoms with Crippen molar-refractivity contribution in [2.45, 2.75) is 45.4 Å². The molecular weight excluding hydrogens is 288 g/mol. The Morgan fingerprint density at radius 3 is 2.65 bits per heavy atom. The highest BCUT2D eigenvalue weighted by Gasteiger charge is 2.08. The second kappa shape index (κ2) is 9.13. The van der Waals surface area contributed by atoms with Crippen molar-refractivity contribution < 1.29 is 9.59 Å². The van der Waals surface area contributed by atoms with Crippen molar-refractivity contribution in [1.82, 2.24) is 10.6 Å². The molecule has 0 radical (unpaired) electrons. The molecule has 0 saturated carbocycles. The van der Waals surface area contributed by atoms with Crippen LogP contribution in [0.1, 0.15) is 43.2 Å². The molecule has 0 aliphatic heterocycles. The Balaban J connectivity index is 1.63. The fraction of sp³-hybridized carbons (Fsp3) is 0.474. The number of carbonyl (C=O) groups excluding carboxylic acids is 2. The quantitative estimate of drug-likeness (QED) is 0.760. The summed E-state index contributed by atoms with van der Waals surface area (Å²) in [5, 5.41) is 5.55. The molecule has 0 heterocycles. The van der Waals surface area contributed by atoms with Gasteiger partial charge in [0.05, 0.1) is 13.0 Å². The summed E-state index contributed by atoms with van der Waals surface area (Å²) in [4.78, 5) is 23.7. The largest absolute Gasteiger partial charge is 0.354 e. The highest BCUT2D eigenvalue weighted by molar-refractivity contribution is 5.85. The second-order valence-electron chi connectivity index (χ2n) is 6.09. The van der Waals surface area contributed by atoms with E-state index in [-0.39, 0.29) is 18.4 Å². The first kappa shape index (κ1) is 17.3. The molecule has 1 aliphatic carbocycles. The number of allylic oxidation sites excluding steroid dienone is 1. The van der Waals surface area contributed by atoms with Crippen molar-refractivity contribution in [2.75, 3.05) is 13.1 Å². The van der Waals surface area contributed by atoms with Crippen LogP contribution < -0.4 is 10.6 Å². The molecule has 1 aromatic rings. The molecule has 4 nitrogen and oxygen atoms in total. The van der Waals surface area contributed by atoms with Crippen molar-refractivity contribution in [1.29, 1.82) is 0 Å². The van der Waals surface area contributed by atoms with Gasteiger partial charge in [-0.2, -0.15) is 0 Å². The minimum absolute atomic E-state index is 0.0454. The van der Waals surface area contributed by atoms with Gasteiger partial charge in [-0.1, -0.05) is 35.9 Å². The fourth-order valence-corrected chi connectivity index (χ4v) is 2.78. The van der Waals surface area contributed by atoms with Gasteiger partial charge in [-0.3, -0.25) is 9.59 Å². The third-order valence-corrected chi connectivity index (χ3v) is 4.21. The molecular formula is C19H26N2O2. The van der Waals surface area contributed by atoms with Crippen molar-refractivity contribution in [3.8, 4) is 0 Å². The van der Waals surface area contributed by atoms with Crippen LogP contribution in [0.5, 0.6) is 0 Å². The lowest BCUT2D eigenvalue weighted by atomic mass is 9.97. The molecule has 124 valence electrons. The van der Waals surface area contributed by atoms with Crippen LogP contribution in [0, 0.1) is 6.92 Å². The number of carbonyl (C=O) groups is 2. The summed E-state index contributed by atoms with van der Waals surface area (Å²) < 4.78 is 0. The van der Waals surface area contributed by atoms with E-state index in [1.54, 1.807) is 0 Å². The lowest BCUT2D eigenvalue weighted by Gasteiger charge is -2.13. The molecule has 23 heavy (non-hydrogen) atoms. The van der Waals surface area contributed by atoms with Crippen LogP contribution in [0.4, 0.5) is 0 Å². The summed E-state index contributed by atoms with van der Waals surface area (Å²) in [5.41, 5.74) is 3.53. The van der Waals surface area contributed by atoms with E-state index in [1.807, 2.05) is 31.2 Å². The highest BCUT2D eigenvalue weighted by atomic mass is 16.2. The van der Waals surface area contributed by atoms with E-state index in [4.69, 9.17) is 0 Å². The average Bonchev–Trinajstić information content (AvgIpc) is 2.56. The Morgan fingerprint density at radius 1 is 1.09 bits per heavy atom. The molecule has 0 saturated heterocycles. The second-order valence-corrected chi connectivity index (χ2v) is 6.09. The predicted molar refractivity (Wildman–Crippen MR) is 92.1 cm³/mol. The van der Waals surface area contributed by atoms with Gasteiger partial charge >= 0.3 is 0 Å². The molecule has 0 atom stereocenters. The maximum atomic E-state index is 11.9. The summed E-state index contributed by atoms with van der Waals surface area (Å²) in [5.74, 6) is -0.246. The van der Waals surface area contributed by atoms with Crippen LogP contribution in [0.3, 0.4) is 0 Å². The van der Waals surface area contributed by atoms with Crippen LogP contribution in [0.25, 0.3) is 0 Å². The molecule has 0 aromatic heterocycles. The predicted octanol–water partition coefficient (Wildman–Crippen LogP) is 2.66. The normalized spacial score (nSPS) is 14.0. The Labute approximate surface area is 138 Å². The third-order valence-electron chi connectivity index (χ3n) is 4.21. The van der Waals surface area contributed by atoms with Crippen molar-refractivity contribution in [3.05, 3.63) is 47.0 Å². The van der Waals surface area contributed by atoms with Gasteiger partial charge in [-0.25, -0.2) is 0 Å². The summed E-state index contributed by atoms with van der Waals surface area (Å²) in [6.07, 6.45) is 8.38. The van der Waals surface area contributed by atoms with Gasteiger partial charge in [-0.15, -0.1) is 0 Å². The Kier molecular flexibility index (Phi) is 6.85. The first-order valence-corrected chi connectivity index (χ1v) is 8.41. The number of amides is 2. The Morgan fingerprint density at radius 2 is 1.91 bits per heavy atom. The maximum absolute atomic E-state index is 11.9. The van der Waals surface area contributed by atoms with Crippen LogP contribution in [-0.4, -0.2) is 24.9 Å². The van der Waals surface area contributed by atoms with E-state index < -0.39 is 0 Å². The molecule has 0 fully saturated rings. The smallest absolute Gasteiger partial charge is 0.239 e. The number of rotatable bonds is 7. The van der Waals surface area contributed by atoms with E-state index in [9.17, 15) is 9.59 Å². The Bertz CT molecular complexity index is 578.